The molecule has 2 amide bonds. The van der Waals surface area contributed by atoms with Crippen molar-refractivity contribution in [3.8, 4) is 0 Å². The predicted molar refractivity (Wildman–Crippen MR) is 83.4 cm³/mol. The Bertz CT molecular complexity index is 838. The molecule has 2 heterocycles. The third kappa shape index (κ3) is 1.37. The Labute approximate surface area is 133 Å². The summed E-state index contributed by atoms with van der Waals surface area (Å²) in [5, 5.41) is 7.86. The summed E-state index contributed by atoms with van der Waals surface area (Å²) in [5.41, 5.74) is 1.63. The molecule has 1 aromatic carbocycles. The van der Waals surface area contributed by atoms with E-state index < -0.39 is 0 Å². The second kappa shape index (κ2) is 3.83. The molecular weight excluding hydrogens is 290 g/mol. The molecule has 0 spiro atoms. The molecule has 0 unspecified atom stereocenters. The lowest BCUT2D eigenvalue weighted by Gasteiger charge is -2.42. The van der Waals surface area contributed by atoms with Gasteiger partial charge < -0.3 is 0 Å². The van der Waals surface area contributed by atoms with Crippen LogP contribution >= 0.6 is 0 Å². The van der Waals surface area contributed by atoms with E-state index >= 15 is 0 Å². The molecule has 7 rings (SSSR count). The van der Waals surface area contributed by atoms with Crippen LogP contribution in [0, 0.1) is 35.5 Å². The summed E-state index contributed by atoms with van der Waals surface area (Å²) >= 11 is 0. The number of imide groups is 1. The number of amides is 2. The number of carbonyl (C=O) groups excluding carboxylic acids is 2. The Balaban J connectivity index is 1.46. The van der Waals surface area contributed by atoms with Crippen LogP contribution in [-0.4, -0.2) is 22.0 Å². The number of benzene rings is 1. The highest BCUT2D eigenvalue weighted by atomic mass is 16.2. The summed E-state index contributed by atoms with van der Waals surface area (Å²) in [6.07, 6.45) is 5.26. The average Bonchev–Trinajstić information content (AvgIpc) is 3.20. The Morgan fingerprint density at radius 3 is 2.39 bits per heavy atom. The Morgan fingerprint density at radius 1 is 1.00 bits per heavy atom. The first kappa shape index (κ1) is 12.3. The lowest BCUT2D eigenvalue weighted by Crippen LogP contribution is -2.43. The lowest BCUT2D eigenvalue weighted by atomic mass is 9.59. The van der Waals surface area contributed by atoms with Crippen LogP contribution in [0.15, 0.2) is 24.4 Å². The van der Waals surface area contributed by atoms with Crippen molar-refractivity contribution in [1.29, 1.82) is 0 Å². The van der Waals surface area contributed by atoms with Crippen molar-refractivity contribution in [3.05, 3.63) is 24.4 Å². The van der Waals surface area contributed by atoms with Crippen molar-refractivity contribution < 1.29 is 9.59 Å². The van der Waals surface area contributed by atoms with Gasteiger partial charge in [0.25, 0.3) is 0 Å². The van der Waals surface area contributed by atoms with E-state index in [0.717, 1.165) is 35.6 Å². The number of H-pyrrole nitrogens is 1. The van der Waals surface area contributed by atoms with Crippen molar-refractivity contribution in [2.45, 2.75) is 19.3 Å². The van der Waals surface area contributed by atoms with Crippen LogP contribution in [0.3, 0.4) is 0 Å². The van der Waals surface area contributed by atoms with Gasteiger partial charge in [-0.2, -0.15) is 5.10 Å². The highest BCUT2D eigenvalue weighted by Gasteiger charge is 2.68. The highest BCUT2D eigenvalue weighted by Crippen LogP contribution is 2.68. The molecule has 23 heavy (non-hydrogen) atoms. The van der Waals surface area contributed by atoms with Crippen molar-refractivity contribution in [1.82, 2.24) is 10.2 Å². The van der Waals surface area contributed by atoms with E-state index in [1.165, 1.54) is 11.3 Å². The monoisotopic (exact) mass is 307 g/mol. The van der Waals surface area contributed by atoms with Crippen LogP contribution in [-0.2, 0) is 9.59 Å². The smallest absolute Gasteiger partial charge is 0.237 e. The minimum Gasteiger partial charge on any atom is -0.278 e. The van der Waals surface area contributed by atoms with Gasteiger partial charge in [0.2, 0.25) is 11.8 Å². The van der Waals surface area contributed by atoms with Crippen molar-refractivity contribution in [3.63, 3.8) is 0 Å². The number of aromatic nitrogens is 2. The Kier molecular flexibility index (Phi) is 2.05. The molecule has 2 bridgehead atoms. The van der Waals surface area contributed by atoms with Gasteiger partial charge in [-0.3, -0.25) is 19.6 Å². The van der Waals surface area contributed by atoms with Crippen LogP contribution in [0.25, 0.3) is 10.9 Å². The Hall–Kier alpha value is -2.17. The van der Waals surface area contributed by atoms with E-state index in [-0.39, 0.29) is 23.7 Å². The maximum Gasteiger partial charge on any atom is 0.237 e. The molecule has 4 aliphatic carbocycles. The number of rotatable bonds is 1. The Morgan fingerprint density at radius 2 is 1.70 bits per heavy atom. The summed E-state index contributed by atoms with van der Waals surface area (Å²) in [7, 11) is 0. The summed E-state index contributed by atoms with van der Waals surface area (Å²) < 4.78 is 0. The number of aromatic amines is 1. The topological polar surface area (TPSA) is 66.1 Å². The molecule has 5 fully saturated rings. The fourth-order valence-corrected chi connectivity index (χ4v) is 5.86. The van der Waals surface area contributed by atoms with Gasteiger partial charge in [0, 0.05) is 5.39 Å². The molecular formula is C18H17N3O2. The third-order valence-electron chi connectivity index (χ3n) is 6.83. The number of hydrogen-bond donors (Lipinski definition) is 1. The minimum absolute atomic E-state index is 0.0443. The first-order valence-corrected chi connectivity index (χ1v) is 8.55. The van der Waals surface area contributed by atoms with Crippen molar-refractivity contribution >= 4 is 28.4 Å². The van der Waals surface area contributed by atoms with Crippen LogP contribution in [0.1, 0.15) is 19.3 Å². The van der Waals surface area contributed by atoms with Crippen LogP contribution < -0.4 is 4.90 Å². The number of nitrogens with zero attached hydrogens (tertiary/aromatic N) is 2. The van der Waals surface area contributed by atoms with Gasteiger partial charge >= 0.3 is 0 Å². The van der Waals surface area contributed by atoms with Gasteiger partial charge in [-0.05, 0) is 61.1 Å². The van der Waals surface area contributed by atoms with Crippen LogP contribution in [0.5, 0.6) is 0 Å². The number of hydrogen-bond acceptors (Lipinski definition) is 3. The standard InChI is InChI=1S/C18H17N3O2/c22-17-15-10-2-3-11(13-6-12(10)13)16(15)18(23)21(17)9-1-4-14-8(5-9)7-19-20-14/h1,4-5,7,10-13,15-16H,2-3,6H2,(H,19,20)/t10-,11+,12-,13+,15-,16+. The van der Waals surface area contributed by atoms with E-state index in [9.17, 15) is 9.59 Å². The fraction of sp³-hybridized carbons (Fsp3) is 0.500. The van der Waals surface area contributed by atoms with Crippen LogP contribution in [0.4, 0.5) is 5.69 Å². The SMILES string of the molecule is O=C1[C@@H]2[C@@H]3CC[C@@H]([C@@H]4C[C@@H]43)[C@@H]2C(=O)N1c1ccc2[nH]ncc2c1. The normalized spacial score (nSPS) is 40.6. The van der Waals surface area contributed by atoms with Crippen molar-refractivity contribution in [2.24, 2.45) is 35.5 Å². The maximum atomic E-state index is 13.1. The maximum absolute atomic E-state index is 13.1. The molecule has 0 radical (unpaired) electrons. The molecule has 5 nitrogen and oxygen atoms in total. The van der Waals surface area contributed by atoms with Crippen LogP contribution in [0.2, 0.25) is 0 Å². The molecule has 116 valence electrons. The highest BCUT2D eigenvalue weighted by molar-refractivity contribution is 6.22. The first-order chi connectivity index (χ1) is 11.2. The molecule has 1 aliphatic heterocycles. The van der Waals surface area contributed by atoms with E-state index in [0.29, 0.717) is 17.5 Å². The minimum atomic E-state index is -0.0509. The lowest BCUT2D eigenvalue weighted by molar-refractivity contribution is -0.129. The van der Waals surface area contributed by atoms with Gasteiger partial charge in [-0.1, -0.05) is 0 Å². The zero-order valence-corrected chi connectivity index (χ0v) is 12.6. The molecule has 2 aromatic rings. The zero-order chi connectivity index (χ0) is 15.3. The zero-order valence-electron chi connectivity index (χ0n) is 12.6. The fourth-order valence-electron chi connectivity index (χ4n) is 5.86. The van der Waals surface area contributed by atoms with E-state index in [1.54, 1.807) is 6.20 Å². The molecule has 5 heteroatoms. The largest absolute Gasteiger partial charge is 0.278 e. The second-order valence-corrected chi connectivity index (χ2v) is 7.67. The molecule has 1 aromatic heterocycles. The number of nitrogens with one attached hydrogen (secondary N) is 1. The number of anilines is 1. The third-order valence-corrected chi connectivity index (χ3v) is 6.83. The van der Waals surface area contributed by atoms with Gasteiger partial charge in [-0.15, -0.1) is 0 Å². The second-order valence-electron chi connectivity index (χ2n) is 7.67. The van der Waals surface area contributed by atoms with E-state index in [1.807, 2.05) is 18.2 Å². The first-order valence-electron chi connectivity index (χ1n) is 8.55. The summed E-state index contributed by atoms with van der Waals surface area (Å²) in [6.45, 7) is 0. The predicted octanol–water partition coefficient (Wildman–Crippen LogP) is 2.34. The number of fused-ring (bicyclic) bond motifs is 2. The van der Waals surface area contributed by atoms with E-state index in [4.69, 9.17) is 0 Å². The average molecular weight is 307 g/mol. The summed E-state index contributed by atoms with van der Waals surface area (Å²) in [6, 6.07) is 5.65. The van der Waals surface area contributed by atoms with Gasteiger partial charge in [0.1, 0.15) is 0 Å². The quantitative estimate of drug-likeness (QED) is 0.822. The number of carbonyl (C=O) groups is 2. The molecule has 6 atom stereocenters. The molecule has 4 saturated carbocycles. The molecule has 1 N–H and O–H groups in total. The van der Waals surface area contributed by atoms with Crippen molar-refractivity contribution in [2.75, 3.05) is 4.90 Å². The molecule has 5 aliphatic rings. The molecule has 1 saturated heterocycles. The van der Waals surface area contributed by atoms with Gasteiger partial charge in [-0.25, -0.2) is 0 Å². The summed E-state index contributed by atoms with van der Waals surface area (Å²) in [4.78, 5) is 27.6. The van der Waals surface area contributed by atoms with Gasteiger partial charge in [0.15, 0.2) is 0 Å². The van der Waals surface area contributed by atoms with Gasteiger partial charge in [0.05, 0.1) is 29.2 Å². The summed E-state index contributed by atoms with van der Waals surface area (Å²) in [5.74, 6) is 2.34. The van der Waals surface area contributed by atoms with E-state index in [2.05, 4.69) is 10.2 Å².